The molecule has 3 aromatic carbocycles. The monoisotopic (exact) mass is 687 g/mol. The van der Waals surface area contributed by atoms with Crippen LogP contribution in [0, 0.1) is 5.41 Å². The van der Waals surface area contributed by atoms with E-state index in [9.17, 15) is 36.3 Å². The molecule has 3 amide bonds. The first-order valence-electron chi connectivity index (χ1n) is 13.1. The molecule has 0 radical (unpaired) electrons. The molecule has 1 aromatic heterocycles. The number of carbonyl (C=O) groups excluding carboxylic acids is 3. The van der Waals surface area contributed by atoms with Gasteiger partial charge in [-0.25, -0.2) is 8.78 Å². The quantitative estimate of drug-likeness (QED) is 0.146. The van der Waals surface area contributed by atoms with E-state index in [0.29, 0.717) is 10.0 Å². The Kier molecular flexibility index (Phi) is 10.3. The highest BCUT2D eigenvalue weighted by molar-refractivity contribution is 7.23. The topological polar surface area (TPSA) is 96.5 Å². The Morgan fingerprint density at radius 1 is 0.889 bits per heavy atom. The Morgan fingerprint density at radius 2 is 1.60 bits per heavy atom. The predicted molar refractivity (Wildman–Crippen MR) is 164 cm³/mol. The summed E-state index contributed by atoms with van der Waals surface area (Å²) in [7, 11) is 0. The van der Waals surface area contributed by atoms with E-state index in [1.54, 1.807) is 24.3 Å². The van der Waals surface area contributed by atoms with Crippen LogP contribution in [0.25, 0.3) is 10.1 Å². The van der Waals surface area contributed by atoms with Crippen molar-refractivity contribution in [3.63, 3.8) is 0 Å². The van der Waals surface area contributed by atoms with Crippen LogP contribution in [0.15, 0.2) is 60.7 Å². The van der Waals surface area contributed by atoms with Crippen molar-refractivity contribution in [2.45, 2.75) is 33.0 Å². The number of carbonyl (C=O) groups is 3. The first kappa shape index (κ1) is 33.9. The average Bonchev–Trinajstić information content (AvgIpc) is 3.36. The summed E-state index contributed by atoms with van der Waals surface area (Å²) < 4.78 is 71.3. The van der Waals surface area contributed by atoms with Crippen molar-refractivity contribution in [2.24, 2.45) is 5.41 Å². The Bertz CT molecular complexity index is 1760. The summed E-state index contributed by atoms with van der Waals surface area (Å²) in [5, 5.41) is 9.23. The Morgan fingerprint density at radius 3 is 2.29 bits per heavy atom. The number of amides is 3. The predicted octanol–water partition coefficient (Wildman–Crippen LogP) is 8.56. The number of halogens is 7. The summed E-state index contributed by atoms with van der Waals surface area (Å²) in [6.45, 7) is 0.201. The van der Waals surface area contributed by atoms with Crippen LogP contribution in [0.1, 0.15) is 40.1 Å². The molecular weight excluding hydrogens is 664 g/mol. The second-order valence-electron chi connectivity index (χ2n) is 10.2. The molecule has 4 rings (SSSR count). The molecule has 0 fully saturated rings. The van der Waals surface area contributed by atoms with Gasteiger partial charge in [0.05, 0.1) is 21.2 Å². The van der Waals surface area contributed by atoms with Crippen molar-refractivity contribution in [1.29, 1.82) is 0 Å². The molecule has 45 heavy (non-hydrogen) atoms. The average molecular weight is 689 g/mol. The molecule has 0 atom stereocenters. The van der Waals surface area contributed by atoms with Gasteiger partial charge in [-0.1, -0.05) is 35.3 Å². The van der Waals surface area contributed by atoms with Crippen LogP contribution in [0.5, 0.6) is 5.75 Å². The number of thiophene rings is 1. The molecule has 0 aliphatic heterocycles. The SMILES string of the molecule is CC(C)(C(=O)NCc1ccc(Cl)c(C(=O)Nc2ccc(OCC(F)F)c(C(=O)Nc3cc4ccc(Cl)cc4s3)c2)c1)C(F)(F)F. The fourth-order valence-corrected chi connectivity index (χ4v) is 5.33. The number of ether oxygens (including phenoxy) is 1. The van der Waals surface area contributed by atoms with Gasteiger partial charge in [-0.15, -0.1) is 11.3 Å². The van der Waals surface area contributed by atoms with Crippen molar-refractivity contribution in [1.82, 2.24) is 5.32 Å². The smallest absolute Gasteiger partial charge is 0.402 e. The number of alkyl halides is 5. The number of hydrogen-bond acceptors (Lipinski definition) is 5. The second kappa shape index (κ2) is 13.6. The maximum absolute atomic E-state index is 13.3. The zero-order valence-electron chi connectivity index (χ0n) is 23.5. The van der Waals surface area contributed by atoms with Gasteiger partial charge in [0, 0.05) is 22.0 Å². The maximum Gasteiger partial charge on any atom is 0.402 e. The van der Waals surface area contributed by atoms with Gasteiger partial charge < -0.3 is 20.7 Å². The summed E-state index contributed by atoms with van der Waals surface area (Å²) in [4.78, 5) is 38.6. The van der Waals surface area contributed by atoms with E-state index in [-0.39, 0.29) is 39.7 Å². The van der Waals surface area contributed by atoms with Crippen molar-refractivity contribution >= 4 is 73.0 Å². The highest BCUT2D eigenvalue weighted by atomic mass is 35.5. The highest BCUT2D eigenvalue weighted by Gasteiger charge is 2.52. The van der Waals surface area contributed by atoms with Gasteiger partial charge >= 0.3 is 6.18 Å². The largest absolute Gasteiger partial charge is 0.487 e. The standard InChI is InChI=1S/C30H24Cl2F5N3O4S/c1-29(2,30(35,36)37)28(43)38-13-15-3-7-21(32)19(9-15)26(41)39-18-6-8-22(44-14-24(33)34)20(12-18)27(42)40-25-10-16-4-5-17(31)11-23(16)45-25/h3-12,24H,13-14H2,1-2H3,(H,38,43)(H,39,41)(H,40,42). The minimum Gasteiger partial charge on any atom is -0.487 e. The van der Waals surface area contributed by atoms with Crippen molar-refractivity contribution < 1.29 is 41.1 Å². The molecule has 0 bridgehead atoms. The Balaban J connectivity index is 1.54. The van der Waals surface area contributed by atoms with Crippen LogP contribution < -0.4 is 20.7 Å². The second-order valence-corrected chi connectivity index (χ2v) is 12.2. The number of nitrogens with one attached hydrogen (secondary N) is 3. The lowest BCUT2D eigenvalue weighted by Gasteiger charge is -2.26. The van der Waals surface area contributed by atoms with Gasteiger partial charge in [0.15, 0.2) is 0 Å². The molecule has 0 aliphatic carbocycles. The van der Waals surface area contributed by atoms with E-state index >= 15 is 0 Å². The summed E-state index contributed by atoms with van der Waals surface area (Å²) in [5.74, 6) is -2.87. The van der Waals surface area contributed by atoms with Crippen molar-refractivity contribution in [3.05, 3.63) is 87.4 Å². The van der Waals surface area contributed by atoms with Crippen LogP contribution in [0.4, 0.5) is 32.6 Å². The number of anilines is 2. The molecule has 0 saturated carbocycles. The van der Waals surface area contributed by atoms with Gasteiger partial charge in [0.25, 0.3) is 18.2 Å². The van der Waals surface area contributed by atoms with Crippen molar-refractivity contribution in [2.75, 3.05) is 17.2 Å². The fourth-order valence-electron chi connectivity index (χ4n) is 3.90. The van der Waals surface area contributed by atoms with Crippen LogP contribution in [-0.4, -0.2) is 36.9 Å². The maximum atomic E-state index is 13.3. The van der Waals surface area contributed by atoms with E-state index in [1.165, 1.54) is 47.7 Å². The molecule has 0 spiro atoms. The minimum atomic E-state index is -4.77. The van der Waals surface area contributed by atoms with Gasteiger partial charge in [0.1, 0.15) is 17.8 Å². The molecule has 3 N–H and O–H groups in total. The molecule has 0 saturated heterocycles. The van der Waals surface area contributed by atoms with Gasteiger partial charge in [-0.2, -0.15) is 13.2 Å². The molecule has 7 nitrogen and oxygen atoms in total. The molecule has 0 unspecified atom stereocenters. The minimum absolute atomic E-state index is 0.00193. The van der Waals surface area contributed by atoms with E-state index in [0.717, 1.165) is 23.9 Å². The number of fused-ring (bicyclic) bond motifs is 1. The zero-order chi connectivity index (χ0) is 33.1. The van der Waals surface area contributed by atoms with E-state index in [4.69, 9.17) is 27.9 Å². The van der Waals surface area contributed by atoms with E-state index in [1.807, 2.05) is 0 Å². The normalized spacial score (nSPS) is 11.9. The van der Waals surface area contributed by atoms with Gasteiger partial charge in [0.2, 0.25) is 5.91 Å². The summed E-state index contributed by atoms with van der Waals surface area (Å²) >= 11 is 13.5. The Labute approximate surface area is 267 Å². The molecule has 0 aliphatic rings. The lowest BCUT2D eigenvalue weighted by molar-refractivity contribution is -0.211. The number of hydrogen-bond donors (Lipinski definition) is 3. The van der Waals surface area contributed by atoms with Crippen LogP contribution >= 0.6 is 34.5 Å². The molecular formula is C30H24Cl2F5N3O4S. The van der Waals surface area contributed by atoms with Crippen LogP contribution in [0.2, 0.25) is 10.0 Å². The van der Waals surface area contributed by atoms with E-state index < -0.39 is 42.3 Å². The first-order valence-corrected chi connectivity index (χ1v) is 14.6. The van der Waals surface area contributed by atoms with Crippen LogP contribution in [-0.2, 0) is 11.3 Å². The lowest BCUT2D eigenvalue weighted by Crippen LogP contribution is -2.46. The number of benzene rings is 3. The Hall–Kier alpha value is -3.94. The summed E-state index contributed by atoms with van der Waals surface area (Å²) in [6.07, 6.45) is -7.59. The zero-order valence-corrected chi connectivity index (χ0v) is 25.8. The molecule has 238 valence electrons. The summed E-state index contributed by atoms with van der Waals surface area (Å²) in [6, 6.07) is 14.8. The highest BCUT2D eigenvalue weighted by Crippen LogP contribution is 2.38. The molecule has 4 aromatic rings. The third-order valence-electron chi connectivity index (χ3n) is 6.57. The number of rotatable bonds is 10. The third-order valence-corrected chi connectivity index (χ3v) is 8.15. The fraction of sp³-hybridized carbons (Fsp3) is 0.233. The van der Waals surface area contributed by atoms with Gasteiger partial charge in [-0.3, -0.25) is 14.4 Å². The van der Waals surface area contributed by atoms with Gasteiger partial charge in [-0.05, 0) is 73.3 Å². The first-order chi connectivity index (χ1) is 21.0. The lowest BCUT2D eigenvalue weighted by atomic mass is 9.91. The van der Waals surface area contributed by atoms with Crippen LogP contribution in [0.3, 0.4) is 0 Å². The van der Waals surface area contributed by atoms with E-state index in [2.05, 4.69) is 16.0 Å². The third kappa shape index (κ3) is 8.21. The molecule has 1 heterocycles. The molecule has 15 heteroatoms. The van der Waals surface area contributed by atoms with Crippen molar-refractivity contribution in [3.8, 4) is 5.75 Å². The summed E-state index contributed by atoms with van der Waals surface area (Å²) in [5.41, 5.74) is -2.50.